The van der Waals surface area contributed by atoms with Gasteiger partial charge in [-0.05, 0) is 24.6 Å². The lowest BCUT2D eigenvalue weighted by molar-refractivity contribution is 0.0919. The van der Waals surface area contributed by atoms with Crippen molar-refractivity contribution in [2.45, 2.75) is 24.9 Å². The molecule has 5 rings (SSSR count). The predicted octanol–water partition coefficient (Wildman–Crippen LogP) is 2.46. The predicted molar refractivity (Wildman–Crippen MR) is 134 cm³/mol. The molecule has 2 aromatic carbocycles. The number of likely N-dealkylation sites (tertiary alicyclic amines) is 1. The molecule has 190 valence electrons. The molecule has 11 nitrogen and oxygen atoms in total. The molecule has 3 amide bonds. The maximum atomic E-state index is 13.1. The Kier molecular flexibility index (Phi) is 6.59. The van der Waals surface area contributed by atoms with Crippen LogP contribution in [0, 0.1) is 0 Å². The van der Waals surface area contributed by atoms with E-state index in [-0.39, 0.29) is 36.0 Å². The van der Waals surface area contributed by atoms with Crippen molar-refractivity contribution in [1.29, 1.82) is 0 Å². The van der Waals surface area contributed by atoms with Gasteiger partial charge in [-0.2, -0.15) is 0 Å². The van der Waals surface area contributed by atoms with Crippen LogP contribution >= 0.6 is 0 Å². The van der Waals surface area contributed by atoms with Crippen molar-refractivity contribution in [1.82, 2.24) is 25.5 Å². The number of para-hydroxylation sites is 1. The van der Waals surface area contributed by atoms with Gasteiger partial charge >= 0.3 is 6.09 Å². The van der Waals surface area contributed by atoms with Crippen LogP contribution in [-0.4, -0.2) is 63.6 Å². The van der Waals surface area contributed by atoms with E-state index in [1.807, 2.05) is 24.3 Å². The van der Waals surface area contributed by atoms with Crippen LogP contribution in [0.1, 0.15) is 45.3 Å². The molecule has 2 aliphatic heterocycles. The fraction of sp³-hybridized carbons (Fsp3) is 0.269. The topological polar surface area (TPSA) is 160 Å². The van der Waals surface area contributed by atoms with Gasteiger partial charge in [0.05, 0.1) is 24.5 Å². The number of carbonyl (C=O) groups excluding carboxylic acids is 2. The van der Waals surface area contributed by atoms with Crippen molar-refractivity contribution in [2.24, 2.45) is 0 Å². The van der Waals surface area contributed by atoms with Gasteiger partial charge in [-0.15, -0.1) is 0 Å². The highest BCUT2D eigenvalue weighted by Crippen LogP contribution is 2.32. The molecule has 0 radical (unpaired) electrons. The molecule has 5 N–H and O–H groups in total. The molecule has 1 unspecified atom stereocenters. The highest BCUT2D eigenvalue weighted by molar-refractivity contribution is 5.98. The van der Waals surface area contributed by atoms with Crippen molar-refractivity contribution < 1.29 is 24.2 Å². The third-order valence-corrected chi connectivity index (χ3v) is 6.49. The van der Waals surface area contributed by atoms with E-state index >= 15 is 0 Å². The number of anilines is 1. The average Bonchev–Trinajstić information content (AvgIpc) is 3.38. The molecule has 0 saturated carbocycles. The zero-order valence-corrected chi connectivity index (χ0v) is 19.9. The lowest BCUT2D eigenvalue weighted by Crippen LogP contribution is -2.38. The Labute approximate surface area is 212 Å². The number of nitrogens with one attached hydrogen (secondary N) is 2. The number of hydrogen-bond donors (Lipinski definition) is 4. The molecule has 0 aliphatic carbocycles. The second-order valence-corrected chi connectivity index (χ2v) is 8.96. The number of aromatic nitrogens is 2. The van der Waals surface area contributed by atoms with Gasteiger partial charge in [0.1, 0.15) is 5.75 Å². The second kappa shape index (κ2) is 10.1. The number of hydrogen-bond acceptors (Lipinski definition) is 7. The van der Waals surface area contributed by atoms with Crippen LogP contribution in [0.4, 0.5) is 10.6 Å². The fourth-order valence-corrected chi connectivity index (χ4v) is 4.56. The van der Waals surface area contributed by atoms with E-state index in [1.165, 1.54) is 11.1 Å². The summed E-state index contributed by atoms with van der Waals surface area (Å²) in [4.78, 5) is 46.8. The Morgan fingerprint density at radius 3 is 2.70 bits per heavy atom. The summed E-state index contributed by atoms with van der Waals surface area (Å²) in [5, 5.41) is 15.0. The Bertz CT molecular complexity index is 1360. The Morgan fingerprint density at radius 2 is 1.89 bits per heavy atom. The van der Waals surface area contributed by atoms with Crippen LogP contribution in [0.2, 0.25) is 0 Å². The molecular formula is C26H26N6O5. The summed E-state index contributed by atoms with van der Waals surface area (Å²) in [6.07, 6.45) is 1.58. The highest BCUT2D eigenvalue weighted by atomic mass is 16.5. The molecule has 1 aromatic heterocycles. The van der Waals surface area contributed by atoms with Crippen LogP contribution in [0.25, 0.3) is 11.3 Å². The number of nitrogen functional groups attached to an aromatic ring is 1. The first-order valence-corrected chi connectivity index (χ1v) is 11.9. The van der Waals surface area contributed by atoms with Crippen LogP contribution in [0.5, 0.6) is 5.75 Å². The second-order valence-electron chi connectivity index (χ2n) is 8.96. The average molecular weight is 503 g/mol. The summed E-state index contributed by atoms with van der Waals surface area (Å²) in [5.41, 5.74) is 8.22. The van der Waals surface area contributed by atoms with Gasteiger partial charge in [-0.3, -0.25) is 9.59 Å². The maximum Gasteiger partial charge on any atom is 0.407 e. The largest absolute Gasteiger partial charge is 0.493 e. The Balaban J connectivity index is 1.32. The van der Waals surface area contributed by atoms with E-state index < -0.39 is 12.0 Å². The molecule has 11 heteroatoms. The molecule has 1 saturated heterocycles. The molecule has 1 fully saturated rings. The van der Waals surface area contributed by atoms with Crippen molar-refractivity contribution in [3.05, 3.63) is 71.5 Å². The number of carboxylic acid groups (broad SMARTS) is 1. The summed E-state index contributed by atoms with van der Waals surface area (Å²) in [5.74, 6) is -0.0456. The van der Waals surface area contributed by atoms with Crippen LogP contribution < -0.4 is 21.1 Å². The van der Waals surface area contributed by atoms with Gasteiger partial charge in [0.2, 0.25) is 0 Å². The number of benzene rings is 2. The van der Waals surface area contributed by atoms with Crippen molar-refractivity contribution in [2.75, 3.05) is 25.4 Å². The zero-order valence-electron chi connectivity index (χ0n) is 19.9. The zero-order chi connectivity index (χ0) is 25.9. The Morgan fingerprint density at radius 1 is 1.05 bits per heavy atom. The molecule has 0 spiro atoms. The summed E-state index contributed by atoms with van der Waals surface area (Å²) >= 11 is 0. The number of fused-ring (bicyclic) bond motifs is 1. The molecule has 3 heterocycles. The van der Waals surface area contributed by atoms with Gasteiger partial charge < -0.3 is 31.1 Å². The minimum Gasteiger partial charge on any atom is -0.493 e. The number of carbonyl (C=O) groups is 3. The first kappa shape index (κ1) is 24.0. The van der Waals surface area contributed by atoms with E-state index in [9.17, 15) is 14.4 Å². The smallest absolute Gasteiger partial charge is 0.407 e. The summed E-state index contributed by atoms with van der Waals surface area (Å²) < 4.78 is 5.68. The van der Waals surface area contributed by atoms with Crippen molar-refractivity contribution in [3.8, 4) is 17.0 Å². The third-order valence-electron chi connectivity index (χ3n) is 6.49. The first-order chi connectivity index (χ1) is 17.9. The van der Waals surface area contributed by atoms with Crippen molar-refractivity contribution >= 4 is 23.7 Å². The van der Waals surface area contributed by atoms with Gasteiger partial charge in [-0.25, -0.2) is 14.8 Å². The molecule has 2 aliphatic rings. The van der Waals surface area contributed by atoms with Gasteiger partial charge in [-0.1, -0.05) is 30.3 Å². The molecule has 3 aromatic rings. The SMILES string of the molecule is Nc1ncc(-c2cccc(C(=O)NC3CCOc4ccccc43)c2)nc1C(=O)N[C@H]1CCN(C(=O)O)C1. The minimum atomic E-state index is -1.03. The molecule has 37 heavy (non-hydrogen) atoms. The van der Waals surface area contributed by atoms with Crippen molar-refractivity contribution in [3.63, 3.8) is 0 Å². The quantitative estimate of drug-likeness (QED) is 0.414. The first-order valence-electron chi connectivity index (χ1n) is 11.9. The monoisotopic (exact) mass is 502 g/mol. The van der Waals surface area contributed by atoms with Crippen LogP contribution in [-0.2, 0) is 0 Å². The van der Waals surface area contributed by atoms with Gasteiger partial charge in [0, 0.05) is 42.2 Å². The summed E-state index contributed by atoms with van der Waals surface area (Å²) in [6, 6.07) is 14.0. The molecule has 2 atom stereocenters. The summed E-state index contributed by atoms with van der Waals surface area (Å²) in [6.45, 7) is 1.06. The van der Waals surface area contributed by atoms with Crippen LogP contribution in [0.3, 0.4) is 0 Å². The van der Waals surface area contributed by atoms with E-state index in [0.717, 1.165) is 11.3 Å². The fourth-order valence-electron chi connectivity index (χ4n) is 4.56. The number of amides is 3. The normalized spacial score (nSPS) is 18.4. The summed E-state index contributed by atoms with van der Waals surface area (Å²) in [7, 11) is 0. The molecular weight excluding hydrogens is 476 g/mol. The van der Waals surface area contributed by atoms with E-state index in [4.69, 9.17) is 15.6 Å². The number of ether oxygens (including phenoxy) is 1. The molecule has 0 bridgehead atoms. The van der Waals surface area contributed by atoms with Gasteiger partial charge in [0.25, 0.3) is 11.8 Å². The lowest BCUT2D eigenvalue weighted by Gasteiger charge is -2.26. The lowest BCUT2D eigenvalue weighted by atomic mass is 10.00. The maximum absolute atomic E-state index is 13.1. The third kappa shape index (κ3) is 5.15. The van der Waals surface area contributed by atoms with Crippen LogP contribution in [0.15, 0.2) is 54.7 Å². The van der Waals surface area contributed by atoms with E-state index in [1.54, 1.807) is 24.3 Å². The number of rotatable bonds is 5. The van der Waals surface area contributed by atoms with Gasteiger partial charge in [0.15, 0.2) is 11.5 Å². The van der Waals surface area contributed by atoms with E-state index in [0.29, 0.717) is 42.8 Å². The number of nitrogens with zero attached hydrogens (tertiary/aromatic N) is 3. The minimum absolute atomic E-state index is 0.0404. The Hall–Kier alpha value is -4.67. The highest BCUT2D eigenvalue weighted by Gasteiger charge is 2.28. The van der Waals surface area contributed by atoms with E-state index in [2.05, 4.69) is 20.6 Å². The number of nitrogens with two attached hydrogens (primary N) is 1. The standard InChI is InChI=1S/C26H26N6O5/c27-23-22(25(34)29-17-8-10-32(14-17)26(35)36)30-20(13-28-23)15-4-3-5-16(12-15)24(33)31-19-9-11-37-21-7-2-1-6-18(19)21/h1-7,12-13,17,19H,8-11,14H2,(H2,27,28)(H,29,34)(H,31,33)(H,35,36)/t17-,19?/m0/s1.